The van der Waals surface area contributed by atoms with Gasteiger partial charge in [-0.3, -0.25) is 0 Å². The largest absolute Gasteiger partial charge is 0.411 e. The van der Waals surface area contributed by atoms with Gasteiger partial charge in [0.2, 0.25) is 0 Å². The van der Waals surface area contributed by atoms with Crippen molar-refractivity contribution in [2.75, 3.05) is 6.61 Å². The molecule has 0 amide bonds. The van der Waals surface area contributed by atoms with E-state index in [1.165, 1.54) is 0 Å². The maximum absolute atomic E-state index is 12.0. The molecular formula is C13H29NO3SSi. The monoisotopic (exact) mass is 307 g/mol. The highest BCUT2D eigenvalue weighted by Crippen LogP contribution is 2.36. The van der Waals surface area contributed by atoms with Crippen molar-refractivity contribution in [3.8, 4) is 0 Å². The van der Waals surface area contributed by atoms with Gasteiger partial charge >= 0.3 is 0 Å². The van der Waals surface area contributed by atoms with E-state index >= 15 is 0 Å². The summed E-state index contributed by atoms with van der Waals surface area (Å²) in [6.45, 7) is 17.7. The second-order valence-corrected chi connectivity index (χ2v) is 14.6. The van der Waals surface area contributed by atoms with Crippen LogP contribution in [0.2, 0.25) is 18.1 Å². The molecule has 0 saturated carbocycles. The Kier molecular flexibility index (Phi) is 5.59. The molecule has 0 saturated heterocycles. The van der Waals surface area contributed by atoms with E-state index in [1.54, 1.807) is 27.7 Å². The van der Waals surface area contributed by atoms with E-state index in [2.05, 4.69) is 38.3 Å². The fraction of sp³-hybridized carbons (Fsp3) is 0.923. The maximum Gasteiger partial charge on any atom is 0.258 e. The van der Waals surface area contributed by atoms with Crippen molar-refractivity contribution in [2.24, 2.45) is 4.40 Å². The van der Waals surface area contributed by atoms with Crippen LogP contribution in [-0.4, -0.2) is 33.8 Å². The van der Waals surface area contributed by atoms with Crippen molar-refractivity contribution in [1.29, 1.82) is 0 Å². The minimum Gasteiger partial charge on any atom is -0.411 e. The Morgan fingerprint density at radius 3 is 1.84 bits per heavy atom. The first-order chi connectivity index (χ1) is 8.10. The lowest BCUT2D eigenvalue weighted by molar-refractivity contribution is 0.339. The van der Waals surface area contributed by atoms with Gasteiger partial charge in [-0.05, 0) is 45.8 Å². The van der Waals surface area contributed by atoms with E-state index in [-0.39, 0.29) is 11.6 Å². The van der Waals surface area contributed by atoms with Crippen molar-refractivity contribution in [2.45, 2.75) is 71.3 Å². The molecule has 0 aromatic rings. The molecule has 0 bridgehead atoms. The van der Waals surface area contributed by atoms with Crippen LogP contribution in [0.5, 0.6) is 0 Å². The summed E-state index contributed by atoms with van der Waals surface area (Å²) in [5.41, 5.74) is 0.514. The van der Waals surface area contributed by atoms with E-state index < -0.39 is 23.1 Å². The smallest absolute Gasteiger partial charge is 0.258 e. The summed E-state index contributed by atoms with van der Waals surface area (Å²) in [5, 5.41) is 0.107. The summed E-state index contributed by atoms with van der Waals surface area (Å²) in [4.78, 5) is 0. The highest BCUT2D eigenvalue weighted by atomic mass is 32.2. The summed E-state index contributed by atoms with van der Waals surface area (Å²) in [6.07, 6.45) is 0. The Morgan fingerprint density at radius 2 is 1.53 bits per heavy atom. The van der Waals surface area contributed by atoms with Gasteiger partial charge in [-0.2, -0.15) is 4.40 Å². The van der Waals surface area contributed by atoms with Crippen LogP contribution in [0, 0.1) is 0 Å². The van der Waals surface area contributed by atoms with Gasteiger partial charge in [0.25, 0.3) is 10.0 Å². The fourth-order valence-corrected chi connectivity index (χ4v) is 2.61. The van der Waals surface area contributed by atoms with Gasteiger partial charge in [0.1, 0.15) is 0 Å². The van der Waals surface area contributed by atoms with Gasteiger partial charge in [0.05, 0.1) is 17.1 Å². The molecule has 0 unspecified atom stereocenters. The molecule has 0 heterocycles. The lowest BCUT2D eigenvalue weighted by Crippen LogP contribution is -2.42. The molecule has 0 radical (unpaired) electrons. The third kappa shape index (κ3) is 5.36. The number of sulfonamides is 1. The molecule has 19 heavy (non-hydrogen) atoms. The second-order valence-electron chi connectivity index (χ2n) is 7.46. The summed E-state index contributed by atoms with van der Waals surface area (Å²) >= 11 is 0. The minimum absolute atomic E-state index is 0.107. The minimum atomic E-state index is -3.48. The molecule has 0 atom stereocenters. The molecule has 0 aliphatic heterocycles. The van der Waals surface area contributed by atoms with Crippen LogP contribution < -0.4 is 0 Å². The number of nitrogens with zero attached hydrogens (tertiary/aromatic N) is 1. The average Bonchev–Trinajstić information content (AvgIpc) is 2.10. The molecule has 0 N–H and O–H groups in total. The van der Waals surface area contributed by atoms with E-state index in [1.807, 2.05) is 0 Å². The highest BCUT2D eigenvalue weighted by Gasteiger charge is 2.37. The predicted molar refractivity (Wildman–Crippen MR) is 84.9 cm³/mol. The predicted octanol–water partition coefficient (Wildman–Crippen LogP) is 3.60. The molecule has 0 aliphatic carbocycles. The fourth-order valence-electron chi connectivity index (χ4n) is 0.870. The van der Waals surface area contributed by atoms with Crippen molar-refractivity contribution < 1.29 is 12.8 Å². The van der Waals surface area contributed by atoms with E-state index in [4.69, 9.17) is 4.43 Å². The lowest BCUT2D eigenvalue weighted by Gasteiger charge is -2.36. The van der Waals surface area contributed by atoms with Crippen molar-refractivity contribution in [3.63, 3.8) is 0 Å². The highest BCUT2D eigenvalue weighted by molar-refractivity contribution is 7.91. The quantitative estimate of drug-likeness (QED) is 0.589. The summed E-state index contributed by atoms with van der Waals surface area (Å²) in [6, 6.07) is 0. The van der Waals surface area contributed by atoms with Gasteiger partial charge in [0, 0.05) is 0 Å². The van der Waals surface area contributed by atoms with Gasteiger partial charge in [-0.15, -0.1) is 0 Å². The third-order valence-electron chi connectivity index (χ3n) is 3.50. The Hall–Kier alpha value is -0.203. The molecular weight excluding hydrogens is 278 g/mol. The van der Waals surface area contributed by atoms with Crippen LogP contribution >= 0.6 is 0 Å². The Labute approximate surface area is 119 Å². The lowest BCUT2D eigenvalue weighted by atomic mass is 10.2. The van der Waals surface area contributed by atoms with Crippen LogP contribution in [-0.2, 0) is 14.4 Å². The van der Waals surface area contributed by atoms with Crippen molar-refractivity contribution in [3.05, 3.63) is 0 Å². The molecule has 0 rings (SSSR count). The first-order valence-electron chi connectivity index (χ1n) is 6.54. The molecule has 0 aromatic heterocycles. The number of hydrogen-bond donors (Lipinski definition) is 0. The number of hydrogen-bond acceptors (Lipinski definition) is 3. The number of rotatable bonds is 4. The Morgan fingerprint density at radius 1 is 1.11 bits per heavy atom. The van der Waals surface area contributed by atoms with Crippen LogP contribution in [0.1, 0.15) is 48.5 Å². The maximum atomic E-state index is 12.0. The Balaban J connectivity index is 4.89. The van der Waals surface area contributed by atoms with Crippen molar-refractivity contribution >= 4 is 24.1 Å². The molecule has 0 fully saturated rings. The SMILES string of the molecule is CC(CO[Si](C)(C)C(C)(C)C)=NS(=O)(=O)C(C)(C)C. The second kappa shape index (κ2) is 5.66. The van der Waals surface area contributed by atoms with E-state index in [0.717, 1.165) is 0 Å². The molecule has 114 valence electrons. The molecule has 0 aliphatic rings. The first kappa shape index (κ1) is 18.8. The van der Waals surface area contributed by atoms with Gasteiger partial charge in [-0.25, -0.2) is 8.42 Å². The molecule has 0 aromatic carbocycles. The van der Waals surface area contributed by atoms with Gasteiger partial charge in [0.15, 0.2) is 8.32 Å². The first-order valence-corrected chi connectivity index (χ1v) is 10.9. The average molecular weight is 308 g/mol. The van der Waals surface area contributed by atoms with E-state index in [9.17, 15) is 8.42 Å². The normalized spacial score (nSPS) is 15.7. The molecule has 0 spiro atoms. The van der Waals surface area contributed by atoms with Crippen LogP contribution in [0.4, 0.5) is 0 Å². The zero-order valence-corrected chi connectivity index (χ0v) is 15.6. The van der Waals surface area contributed by atoms with Crippen LogP contribution in [0.15, 0.2) is 4.40 Å². The zero-order valence-electron chi connectivity index (χ0n) is 13.8. The summed E-state index contributed by atoms with van der Waals surface area (Å²) < 4.78 is 32.8. The summed E-state index contributed by atoms with van der Waals surface area (Å²) in [7, 11) is -5.34. The summed E-state index contributed by atoms with van der Waals surface area (Å²) in [5.74, 6) is 0. The van der Waals surface area contributed by atoms with Crippen LogP contribution in [0.3, 0.4) is 0 Å². The standard InChI is InChI=1S/C13H29NO3SSi/c1-11(14-18(15,16)12(2,3)4)10-17-19(8,9)13(5,6)7/h10H2,1-9H3. The molecule has 4 nitrogen and oxygen atoms in total. The molecule has 6 heteroatoms. The van der Waals surface area contributed by atoms with E-state index in [0.29, 0.717) is 5.71 Å². The third-order valence-corrected chi connectivity index (χ3v) is 10.1. The topological polar surface area (TPSA) is 55.7 Å². The Bertz CT molecular complexity index is 439. The van der Waals surface area contributed by atoms with Gasteiger partial charge < -0.3 is 4.43 Å². The van der Waals surface area contributed by atoms with Gasteiger partial charge in [-0.1, -0.05) is 20.8 Å². The van der Waals surface area contributed by atoms with Crippen LogP contribution in [0.25, 0.3) is 0 Å². The van der Waals surface area contributed by atoms with Crippen molar-refractivity contribution in [1.82, 2.24) is 0 Å². The zero-order chi connectivity index (χ0) is 15.7.